The molecule has 0 aliphatic carbocycles. The van der Waals surface area contributed by atoms with Gasteiger partial charge in [-0.1, -0.05) is 12.1 Å². The van der Waals surface area contributed by atoms with E-state index in [0.717, 1.165) is 4.31 Å². The summed E-state index contributed by atoms with van der Waals surface area (Å²) in [6.07, 6.45) is 0. The average molecular weight is 493 g/mol. The number of methoxy groups -OCH3 is 1. The Kier molecular flexibility index (Phi) is 6.42. The highest BCUT2D eigenvalue weighted by molar-refractivity contribution is 7.89. The molecule has 4 aromatic rings. The van der Waals surface area contributed by atoms with E-state index in [1.165, 1.54) is 44.0 Å². The van der Waals surface area contributed by atoms with Crippen molar-refractivity contribution in [3.8, 4) is 11.4 Å². The molecular weight excluding hydrogens is 468 g/mol. The Balaban J connectivity index is 1.65. The normalized spacial score (nSPS) is 11.6. The molecule has 0 aliphatic rings. The molecule has 0 bridgehead atoms. The number of anilines is 1. The molecule has 0 atom stereocenters. The number of nitrogens with zero attached hydrogens (tertiary/aromatic N) is 3. The van der Waals surface area contributed by atoms with Gasteiger partial charge in [0.1, 0.15) is 11.6 Å². The van der Waals surface area contributed by atoms with Crippen LogP contribution >= 0.6 is 0 Å². The lowest BCUT2D eigenvalue weighted by atomic mass is 10.1. The van der Waals surface area contributed by atoms with E-state index in [1.807, 2.05) is 6.07 Å². The number of fused-ring (bicyclic) bond motifs is 1. The monoisotopic (exact) mass is 492 g/mol. The maximum Gasteiger partial charge on any atom is 0.265 e. The first-order valence-corrected chi connectivity index (χ1v) is 12.1. The van der Waals surface area contributed by atoms with Gasteiger partial charge in [-0.05, 0) is 61.5 Å². The van der Waals surface area contributed by atoms with E-state index in [9.17, 15) is 18.0 Å². The second-order valence-corrected chi connectivity index (χ2v) is 10.1. The number of rotatable bonds is 6. The third-order valence-electron chi connectivity index (χ3n) is 5.53. The van der Waals surface area contributed by atoms with Crippen molar-refractivity contribution in [1.82, 2.24) is 13.9 Å². The second-order valence-electron chi connectivity index (χ2n) is 7.97. The first-order chi connectivity index (χ1) is 16.6. The molecule has 0 saturated heterocycles. The van der Waals surface area contributed by atoms with E-state index >= 15 is 0 Å². The van der Waals surface area contributed by atoms with Crippen LogP contribution in [0.1, 0.15) is 16.2 Å². The number of amides is 1. The van der Waals surface area contributed by atoms with Crippen LogP contribution in [0.2, 0.25) is 0 Å². The highest BCUT2D eigenvalue weighted by Gasteiger charge is 2.20. The van der Waals surface area contributed by atoms with Gasteiger partial charge in [-0.3, -0.25) is 14.2 Å². The van der Waals surface area contributed by atoms with Gasteiger partial charge >= 0.3 is 0 Å². The number of carbonyl (C=O) groups excluding carboxylic acids is 1. The van der Waals surface area contributed by atoms with Crippen molar-refractivity contribution >= 4 is 32.5 Å². The minimum atomic E-state index is -3.70. The van der Waals surface area contributed by atoms with Crippen molar-refractivity contribution in [3.63, 3.8) is 0 Å². The fourth-order valence-electron chi connectivity index (χ4n) is 3.66. The molecule has 180 valence electrons. The number of aromatic nitrogens is 2. The Morgan fingerprint density at radius 1 is 1.03 bits per heavy atom. The van der Waals surface area contributed by atoms with Gasteiger partial charge in [0.05, 0.1) is 34.3 Å². The van der Waals surface area contributed by atoms with E-state index in [-0.39, 0.29) is 16.1 Å². The van der Waals surface area contributed by atoms with E-state index in [0.29, 0.717) is 33.7 Å². The molecule has 0 unspecified atom stereocenters. The SMILES string of the molecule is COc1ccc(S(=O)(=O)N(C)C)cc1NC(=O)c1ccc(-n2c(C)nc3ccccc3c2=O)cc1. The molecule has 0 radical (unpaired) electrons. The molecule has 3 aromatic carbocycles. The zero-order valence-corrected chi connectivity index (χ0v) is 20.5. The lowest BCUT2D eigenvalue weighted by Gasteiger charge is -2.15. The molecule has 0 spiro atoms. The third-order valence-corrected chi connectivity index (χ3v) is 7.34. The molecule has 4 rings (SSSR count). The first-order valence-electron chi connectivity index (χ1n) is 10.6. The summed E-state index contributed by atoms with van der Waals surface area (Å²) >= 11 is 0. The topological polar surface area (TPSA) is 111 Å². The maximum atomic E-state index is 13.0. The van der Waals surface area contributed by atoms with E-state index in [1.54, 1.807) is 49.4 Å². The molecule has 35 heavy (non-hydrogen) atoms. The van der Waals surface area contributed by atoms with Crippen LogP contribution in [0, 0.1) is 6.92 Å². The Bertz CT molecular complexity index is 1590. The molecule has 9 nitrogen and oxygen atoms in total. The average Bonchev–Trinajstić information content (AvgIpc) is 2.84. The Labute approximate surface area is 202 Å². The summed E-state index contributed by atoms with van der Waals surface area (Å²) in [4.78, 5) is 30.5. The summed E-state index contributed by atoms with van der Waals surface area (Å²) in [5.41, 5.74) is 1.52. The Morgan fingerprint density at radius 3 is 2.37 bits per heavy atom. The summed E-state index contributed by atoms with van der Waals surface area (Å²) in [6, 6.07) is 17.8. The standard InChI is InChI=1S/C25H24N4O5S/c1-16-26-21-8-6-5-7-20(21)25(31)29(16)18-11-9-17(10-12-18)24(30)27-22-15-19(13-14-23(22)34-4)35(32,33)28(2)3/h5-15H,1-4H3,(H,27,30). The second kappa shape index (κ2) is 9.32. The highest BCUT2D eigenvalue weighted by atomic mass is 32.2. The van der Waals surface area contributed by atoms with Crippen LogP contribution in [-0.4, -0.2) is 49.4 Å². The predicted molar refractivity (Wildman–Crippen MR) is 134 cm³/mol. The van der Waals surface area contributed by atoms with Crippen LogP contribution in [0.15, 0.2) is 76.4 Å². The molecule has 0 aliphatic heterocycles. The zero-order valence-electron chi connectivity index (χ0n) is 19.6. The molecule has 1 amide bonds. The molecular formula is C25H24N4O5S. The van der Waals surface area contributed by atoms with Crippen LogP contribution < -0.4 is 15.6 Å². The number of aryl methyl sites for hydroxylation is 1. The number of ether oxygens (including phenoxy) is 1. The Hall–Kier alpha value is -4.02. The summed E-state index contributed by atoms with van der Waals surface area (Å²) in [5, 5.41) is 3.21. The lowest BCUT2D eigenvalue weighted by Crippen LogP contribution is -2.23. The summed E-state index contributed by atoms with van der Waals surface area (Å²) < 4.78 is 32.8. The predicted octanol–water partition coefficient (Wildman–Crippen LogP) is 3.21. The van der Waals surface area contributed by atoms with E-state index < -0.39 is 15.9 Å². The van der Waals surface area contributed by atoms with Crippen molar-refractivity contribution < 1.29 is 17.9 Å². The van der Waals surface area contributed by atoms with Gasteiger partial charge in [0.15, 0.2) is 0 Å². The summed E-state index contributed by atoms with van der Waals surface area (Å²) in [6.45, 7) is 1.75. The lowest BCUT2D eigenvalue weighted by molar-refractivity contribution is 0.102. The quantitative estimate of drug-likeness (QED) is 0.443. The van der Waals surface area contributed by atoms with Gasteiger partial charge in [0.2, 0.25) is 10.0 Å². The fraction of sp³-hybridized carbons (Fsp3) is 0.160. The molecule has 1 heterocycles. The van der Waals surface area contributed by atoms with Gasteiger partial charge in [-0.15, -0.1) is 0 Å². The molecule has 10 heteroatoms. The van der Waals surface area contributed by atoms with Gasteiger partial charge in [-0.2, -0.15) is 0 Å². The van der Waals surface area contributed by atoms with Crippen molar-refractivity contribution in [2.45, 2.75) is 11.8 Å². The maximum absolute atomic E-state index is 13.0. The molecule has 0 fully saturated rings. The number of carbonyl (C=O) groups is 1. The number of benzene rings is 3. The van der Waals surface area contributed by atoms with Crippen LogP contribution in [0.4, 0.5) is 5.69 Å². The minimum absolute atomic E-state index is 0.0209. The molecule has 0 saturated carbocycles. The van der Waals surface area contributed by atoms with Gasteiger partial charge in [-0.25, -0.2) is 17.7 Å². The van der Waals surface area contributed by atoms with Crippen LogP contribution in [0.3, 0.4) is 0 Å². The summed E-state index contributed by atoms with van der Waals surface area (Å²) in [5.74, 6) is 0.376. The van der Waals surface area contributed by atoms with Gasteiger partial charge in [0.25, 0.3) is 11.5 Å². The summed E-state index contributed by atoms with van der Waals surface area (Å²) in [7, 11) is 0.587. The number of para-hydroxylation sites is 1. The van der Waals surface area contributed by atoms with E-state index in [4.69, 9.17) is 4.74 Å². The first kappa shape index (κ1) is 24.1. The Morgan fingerprint density at radius 2 is 1.71 bits per heavy atom. The van der Waals surface area contributed by atoms with Gasteiger partial charge < -0.3 is 10.1 Å². The van der Waals surface area contributed by atoms with Crippen LogP contribution in [0.5, 0.6) is 5.75 Å². The number of hydrogen-bond acceptors (Lipinski definition) is 6. The molecule has 1 aromatic heterocycles. The zero-order chi connectivity index (χ0) is 25.3. The number of nitrogens with one attached hydrogen (secondary N) is 1. The van der Waals surface area contributed by atoms with Crippen molar-refractivity contribution in [2.75, 3.05) is 26.5 Å². The van der Waals surface area contributed by atoms with Crippen LogP contribution in [-0.2, 0) is 10.0 Å². The fourth-order valence-corrected chi connectivity index (χ4v) is 4.59. The van der Waals surface area contributed by atoms with Gasteiger partial charge in [0, 0.05) is 19.7 Å². The van der Waals surface area contributed by atoms with Crippen molar-refractivity contribution in [3.05, 3.63) is 88.5 Å². The molecule has 1 N–H and O–H groups in total. The highest BCUT2D eigenvalue weighted by Crippen LogP contribution is 2.29. The third kappa shape index (κ3) is 4.53. The number of hydrogen-bond donors (Lipinski definition) is 1. The minimum Gasteiger partial charge on any atom is -0.495 e. The van der Waals surface area contributed by atoms with E-state index in [2.05, 4.69) is 10.3 Å². The van der Waals surface area contributed by atoms with Crippen molar-refractivity contribution in [1.29, 1.82) is 0 Å². The smallest absolute Gasteiger partial charge is 0.265 e. The van der Waals surface area contributed by atoms with Crippen molar-refractivity contribution in [2.24, 2.45) is 0 Å². The largest absolute Gasteiger partial charge is 0.495 e. The van der Waals surface area contributed by atoms with Crippen LogP contribution in [0.25, 0.3) is 16.6 Å². The number of sulfonamides is 1.